The van der Waals surface area contributed by atoms with Gasteiger partial charge in [0.25, 0.3) is 5.92 Å². The highest BCUT2D eigenvalue weighted by atomic mass is 32.2. The molecule has 3 aromatic carbocycles. The third-order valence-corrected chi connectivity index (χ3v) is 11.0. The van der Waals surface area contributed by atoms with Gasteiger partial charge in [0.05, 0.1) is 11.5 Å². The van der Waals surface area contributed by atoms with Crippen molar-refractivity contribution in [3.05, 3.63) is 84.4 Å². The predicted molar refractivity (Wildman–Crippen MR) is 169 cm³/mol. The second-order valence-corrected chi connectivity index (χ2v) is 14.5. The van der Waals surface area contributed by atoms with Crippen molar-refractivity contribution in [3.8, 4) is 16.9 Å². The molecule has 2 unspecified atom stereocenters. The van der Waals surface area contributed by atoms with Crippen LogP contribution in [-0.4, -0.2) is 50.0 Å². The summed E-state index contributed by atoms with van der Waals surface area (Å²) in [6.07, 6.45) is 8.13. The molecule has 3 atom stereocenters. The van der Waals surface area contributed by atoms with Gasteiger partial charge >= 0.3 is 0 Å². The van der Waals surface area contributed by atoms with Crippen LogP contribution in [0.1, 0.15) is 63.4 Å². The minimum absolute atomic E-state index is 0.122. The first-order valence-corrected chi connectivity index (χ1v) is 17.5. The molecular weight excluding hydrogens is 596 g/mol. The fourth-order valence-corrected chi connectivity index (χ4v) is 8.41. The Morgan fingerprint density at radius 2 is 1.53 bits per heavy atom. The summed E-state index contributed by atoms with van der Waals surface area (Å²) in [6, 6.07) is 17.5. The topological polar surface area (TPSA) is 102 Å². The van der Waals surface area contributed by atoms with E-state index >= 15 is 8.78 Å². The van der Waals surface area contributed by atoms with Crippen molar-refractivity contribution in [2.75, 3.05) is 6.61 Å². The molecule has 7 nitrogen and oxygen atoms in total. The number of amides is 1. The number of hydrogen-bond donors (Lipinski definition) is 2. The summed E-state index contributed by atoms with van der Waals surface area (Å²) in [6.45, 7) is 0.553. The molecule has 3 N–H and O–H groups in total. The minimum Gasteiger partial charge on any atom is -0.493 e. The van der Waals surface area contributed by atoms with Crippen molar-refractivity contribution in [1.82, 2.24) is 9.62 Å². The molecular formula is C35H41F2N3O4S. The fraction of sp³-hybridized carbons (Fsp3) is 0.457. The van der Waals surface area contributed by atoms with Gasteiger partial charge in [-0.25, -0.2) is 8.42 Å². The lowest BCUT2D eigenvalue weighted by Gasteiger charge is -2.41. The van der Waals surface area contributed by atoms with Crippen LogP contribution in [0, 0.1) is 5.92 Å². The minimum atomic E-state index is -4.53. The largest absolute Gasteiger partial charge is 0.493 e. The van der Waals surface area contributed by atoms with Crippen molar-refractivity contribution in [2.45, 2.75) is 92.8 Å². The zero-order valence-electron chi connectivity index (χ0n) is 25.3. The first kappa shape index (κ1) is 31.6. The third kappa shape index (κ3) is 6.93. The van der Waals surface area contributed by atoms with Gasteiger partial charge in [0.15, 0.2) is 6.04 Å². The van der Waals surface area contributed by atoms with Crippen molar-refractivity contribution in [3.63, 3.8) is 0 Å². The molecule has 0 spiro atoms. The first-order valence-electron chi connectivity index (χ1n) is 16.0. The second-order valence-electron chi connectivity index (χ2n) is 12.8. The Hall–Kier alpha value is -3.34. The summed E-state index contributed by atoms with van der Waals surface area (Å²) < 4.78 is 68.7. The van der Waals surface area contributed by atoms with E-state index < -0.39 is 33.5 Å². The standard InChI is InChI=1S/C35H41F2N3O4S/c36-35(37,27-13-7-12-26(20-27)25-10-5-2-6-11-25)33(34(41)40-29-14-15-30(40)22-28(38)21-29)39-45(42,43)32-18-16-31(17-19-32)44-23-24-8-3-1-4-9-24/h2,5-7,10-13,16-20,24,28-30,33,39H,1,3-4,8-9,14-15,21-23,38H2/t28?,29?,30?,33-/m1/s1. The summed E-state index contributed by atoms with van der Waals surface area (Å²) >= 11 is 0. The van der Waals surface area contributed by atoms with Crippen LogP contribution in [0.4, 0.5) is 8.78 Å². The quantitative estimate of drug-likeness (QED) is 0.275. The number of halogens is 2. The molecule has 1 saturated carbocycles. The molecule has 1 amide bonds. The van der Waals surface area contributed by atoms with Gasteiger partial charge in [-0.15, -0.1) is 0 Å². The molecule has 6 rings (SSSR count). The Morgan fingerprint density at radius 3 is 2.20 bits per heavy atom. The molecule has 3 aromatic rings. The number of fused-ring (bicyclic) bond motifs is 2. The Morgan fingerprint density at radius 1 is 0.889 bits per heavy atom. The van der Waals surface area contributed by atoms with E-state index in [9.17, 15) is 13.2 Å². The lowest BCUT2D eigenvalue weighted by atomic mass is 9.90. The number of ether oxygens (including phenoxy) is 1. The number of sulfonamides is 1. The van der Waals surface area contributed by atoms with E-state index in [0.717, 1.165) is 18.4 Å². The van der Waals surface area contributed by atoms with Crippen molar-refractivity contribution >= 4 is 15.9 Å². The van der Waals surface area contributed by atoms with Crippen molar-refractivity contribution < 1.29 is 26.7 Å². The van der Waals surface area contributed by atoms with Gasteiger partial charge in [-0.05, 0) is 85.9 Å². The maximum absolute atomic E-state index is 16.6. The van der Waals surface area contributed by atoms with Gasteiger partial charge in [-0.2, -0.15) is 13.5 Å². The smallest absolute Gasteiger partial charge is 0.298 e. The number of piperidine rings is 1. The van der Waals surface area contributed by atoms with Crippen molar-refractivity contribution in [2.24, 2.45) is 11.7 Å². The van der Waals surface area contributed by atoms with Crippen LogP contribution < -0.4 is 15.2 Å². The molecule has 0 radical (unpaired) electrons. The van der Waals surface area contributed by atoms with Crippen LogP contribution in [0.3, 0.4) is 0 Å². The summed E-state index contributed by atoms with van der Waals surface area (Å²) in [5, 5.41) is 0. The monoisotopic (exact) mass is 637 g/mol. The molecule has 45 heavy (non-hydrogen) atoms. The zero-order valence-corrected chi connectivity index (χ0v) is 26.1. The molecule has 2 bridgehead atoms. The number of carbonyl (C=O) groups is 1. The molecule has 2 heterocycles. The lowest BCUT2D eigenvalue weighted by molar-refractivity contribution is -0.149. The van der Waals surface area contributed by atoms with Crippen LogP contribution in [0.2, 0.25) is 0 Å². The molecule has 0 aromatic heterocycles. The van der Waals surface area contributed by atoms with Gasteiger partial charge in [0.2, 0.25) is 15.9 Å². The SMILES string of the molecule is NC1CC2CCC(C1)N2C(=O)[C@@H](NS(=O)(=O)c1ccc(OCC2CCCCC2)cc1)C(F)(F)c1cccc(-c2ccccc2)c1. The number of nitrogens with zero attached hydrogens (tertiary/aromatic N) is 1. The Kier molecular flexibility index (Phi) is 9.27. The lowest BCUT2D eigenvalue weighted by Crippen LogP contribution is -2.60. The van der Waals surface area contributed by atoms with E-state index in [-0.39, 0.29) is 23.0 Å². The number of carbonyl (C=O) groups excluding carboxylic acids is 1. The van der Waals surface area contributed by atoms with Crippen LogP contribution in [-0.2, 0) is 20.7 Å². The normalized spacial score (nSPS) is 23.1. The summed E-state index contributed by atoms with van der Waals surface area (Å²) in [4.78, 5) is 15.3. The van der Waals surface area contributed by atoms with Gasteiger partial charge < -0.3 is 15.4 Å². The average Bonchev–Trinajstić information content (AvgIpc) is 3.33. The van der Waals surface area contributed by atoms with E-state index in [1.54, 1.807) is 18.2 Å². The summed E-state index contributed by atoms with van der Waals surface area (Å²) in [5.74, 6) is -3.81. The molecule has 240 valence electrons. The molecule has 3 aliphatic rings. The summed E-state index contributed by atoms with van der Waals surface area (Å²) in [7, 11) is -4.53. The Balaban J connectivity index is 1.28. The number of nitrogens with one attached hydrogen (secondary N) is 1. The number of benzene rings is 3. The van der Waals surface area contributed by atoms with E-state index in [1.165, 1.54) is 66.6 Å². The highest BCUT2D eigenvalue weighted by Gasteiger charge is 2.53. The van der Waals surface area contributed by atoms with Gasteiger partial charge in [-0.3, -0.25) is 4.79 Å². The molecule has 2 aliphatic heterocycles. The Bertz CT molecular complexity index is 1570. The number of alkyl halides is 2. The van der Waals surface area contributed by atoms with Crippen molar-refractivity contribution in [1.29, 1.82) is 0 Å². The zero-order chi connectivity index (χ0) is 31.6. The van der Waals surface area contributed by atoms with E-state index in [1.807, 2.05) is 18.2 Å². The maximum atomic E-state index is 16.6. The van der Waals surface area contributed by atoms with E-state index in [2.05, 4.69) is 4.72 Å². The van der Waals surface area contributed by atoms with Gasteiger partial charge in [-0.1, -0.05) is 67.8 Å². The second kappa shape index (κ2) is 13.2. The highest BCUT2D eigenvalue weighted by molar-refractivity contribution is 7.89. The number of hydrogen-bond acceptors (Lipinski definition) is 5. The van der Waals surface area contributed by atoms with E-state index in [0.29, 0.717) is 49.5 Å². The fourth-order valence-electron chi connectivity index (χ4n) is 7.22. The van der Waals surface area contributed by atoms with E-state index in [4.69, 9.17) is 10.5 Å². The van der Waals surface area contributed by atoms with Crippen LogP contribution >= 0.6 is 0 Å². The van der Waals surface area contributed by atoms with Gasteiger partial charge in [0.1, 0.15) is 5.75 Å². The van der Waals surface area contributed by atoms with Crippen LogP contribution in [0.25, 0.3) is 11.1 Å². The molecule has 1 aliphatic carbocycles. The Labute approximate surface area is 264 Å². The molecule has 3 fully saturated rings. The third-order valence-electron chi connectivity index (χ3n) is 9.61. The first-order chi connectivity index (χ1) is 21.6. The number of rotatable bonds is 10. The predicted octanol–water partition coefficient (Wildman–Crippen LogP) is 6.23. The average molecular weight is 638 g/mol. The van der Waals surface area contributed by atoms with Crippen LogP contribution in [0.5, 0.6) is 5.75 Å². The molecule has 2 saturated heterocycles. The maximum Gasteiger partial charge on any atom is 0.298 e. The molecule has 10 heteroatoms. The van der Waals surface area contributed by atoms with Crippen LogP contribution in [0.15, 0.2) is 83.8 Å². The number of nitrogens with two attached hydrogens (primary N) is 1. The summed E-state index contributed by atoms with van der Waals surface area (Å²) in [5.41, 5.74) is 7.01. The van der Waals surface area contributed by atoms with Gasteiger partial charge in [0, 0.05) is 23.7 Å². The highest BCUT2D eigenvalue weighted by Crippen LogP contribution is 2.40.